The molecule has 0 saturated carbocycles. The predicted octanol–water partition coefficient (Wildman–Crippen LogP) is 4.72. The Kier molecular flexibility index (Phi) is 4.76. The van der Waals surface area contributed by atoms with Crippen molar-refractivity contribution in [3.8, 4) is 0 Å². The molecule has 2 aromatic rings. The van der Waals surface area contributed by atoms with E-state index in [-0.39, 0.29) is 11.1 Å². The fourth-order valence-corrected chi connectivity index (χ4v) is 2.43. The van der Waals surface area contributed by atoms with E-state index in [0.717, 1.165) is 11.1 Å². The summed E-state index contributed by atoms with van der Waals surface area (Å²) in [6.45, 7) is 0. The lowest BCUT2D eigenvalue weighted by Crippen LogP contribution is -1.96. The van der Waals surface area contributed by atoms with Crippen LogP contribution in [0.2, 0.25) is 0 Å². The van der Waals surface area contributed by atoms with E-state index < -0.39 is 4.92 Å². The Bertz CT molecular complexity index is 569. The third-order valence-corrected chi connectivity index (χ3v) is 3.92. The highest BCUT2D eigenvalue weighted by Crippen LogP contribution is 2.26. The van der Waals surface area contributed by atoms with E-state index >= 15 is 0 Å². The van der Waals surface area contributed by atoms with Gasteiger partial charge in [-0.2, -0.15) is 0 Å². The maximum atomic E-state index is 10.6. The van der Waals surface area contributed by atoms with E-state index in [9.17, 15) is 10.1 Å². The van der Waals surface area contributed by atoms with E-state index in [0.29, 0.717) is 6.42 Å². The van der Waals surface area contributed by atoms with Crippen molar-refractivity contribution in [2.45, 2.75) is 11.8 Å². The Morgan fingerprint density at radius 2 is 1.68 bits per heavy atom. The van der Waals surface area contributed by atoms with Gasteiger partial charge in [0.1, 0.15) is 0 Å². The zero-order valence-corrected chi connectivity index (χ0v) is 12.8. The summed E-state index contributed by atoms with van der Waals surface area (Å²) in [5.41, 5.74) is 2.15. The summed E-state index contributed by atoms with van der Waals surface area (Å²) in [4.78, 5) is 10.2. The van der Waals surface area contributed by atoms with Gasteiger partial charge in [-0.15, -0.1) is 11.6 Å². The molecule has 3 nitrogen and oxygen atoms in total. The lowest BCUT2D eigenvalue weighted by Gasteiger charge is -2.10. The number of nitro benzene ring substituents is 1. The molecule has 5 heteroatoms. The standard InChI is InChI=1S/C14H11ClINO2/c15-14(11-3-5-12(16)6-4-11)9-10-1-7-13(8-2-10)17(18)19/h1-8,14H,9H2. The van der Waals surface area contributed by atoms with Gasteiger partial charge in [0, 0.05) is 15.7 Å². The number of halogens is 2. The maximum Gasteiger partial charge on any atom is 0.269 e. The van der Waals surface area contributed by atoms with Crippen molar-refractivity contribution in [2.75, 3.05) is 0 Å². The van der Waals surface area contributed by atoms with Gasteiger partial charge in [-0.1, -0.05) is 24.3 Å². The van der Waals surface area contributed by atoms with E-state index in [1.807, 2.05) is 24.3 Å². The molecule has 0 heterocycles. The zero-order chi connectivity index (χ0) is 13.8. The summed E-state index contributed by atoms with van der Waals surface area (Å²) in [7, 11) is 0. The molecule has 0 spiro atoms. The number of hydrogen-bond acceptors (Lipinski definition) is 2. The maximum absolute atomic E-state index is 10.6. The Labute approximate surface area is 129 Å². The van der Waals surface area contributed by atoms with Gasteiger partial charge in [0.2, 0.25) is 0 Å². The molecule has 0 saturated heterocycles. The van der Waals surface area contributed by atoms with Crippen LogP contribution in [0.4, 0.5) is 5.69 Å². The molecule has 2 aromatic carbocycles. The van der Waals surface area contributed by atoms with E-state index in [1.165, 1.54) is 15.7 Å². The molecule has 0 radical (unpaired) electrons. The zero-order valence-electron chi connectivity index (χ0n) is 9.92. The SMILES string of the molecule is O=[N+]([O-])c1ccc(CC(Cl)c2ccc(I)cc2)cc1. The Hall–Kier alpha value is -1.14. The Morgan fingerprint density at radius 1 is 1.11 bits per heavy atom. The second-order valence-electron chi connectivity index (χ2n) is 4.15. The van der Waals surface area contributed by atoms with Crippen LogP contribution >= 0.6 is 34.2 Å². The number of benzene rings is 2. The van der Waals surface area contributed by atoms with Crippen LogP contribution in [0.5, 0.6) is 0 Å². The lowest BCUT2D eigenvalue weighted by atomic mass is 10.0. The third-order valence-electron chi connectivity index (χ3n) is 2.79. The molecule has 0 bridgehead atoms. The van der Waals surface area contributed by atoms with E-state index in [2.05, 4.69) is 22.6 Å². The van der Waals surface area contributed by atoms with Gasteiger partial charge in [-0.25, -0.2) is 0 Å². The second kappa shape index (κ2) is 6.34. The largest absolute Gasteiger partial charge is 0.269 e. The van der Waals surface area contributed by atoms with Crippen LogP contribution in [0.25, 0.3) is 0 Å². The van der Waals surface area contributed by atoms with Crippen molar-refractivity contribution in [1.82, 2.24) is 0 Å². The molecule has 1 unspecified atom stereocenters. The minimum absolute atomic E-state index is 0.101. The van der Waals surface area contributed by atoms with Crippen LogP contribution in [0.3, 0.4) is 0 Å². The molecule has 0 fully saturated rings. The highest BCUT2D eigenvalue weighted by atomic mass is 127. The number of rotatable bonds is 4. The van der Waals surface area contributed by atoms with E-state index in [1.54, 1.807) is 12.1 Å². The highest BCUT2D eigenvalue weighted by Gasteiger charge is 2.10. The summed E-state index contributed by atoms with van der Waals surface area (Å²) in [6.07, 6.45) is 0.653. The number of non-ortho nitro benzene ring substituents is 1. The molecular weight excluding hydrogens is 377 g/mol. The van der Waals surface area contributed by atoms with Crippen LogP contribution in [0.1, 0.15) is 16.5 Å². The smallest absolute Gasteiger partial charge is 0.258 e. The normalized spacial score (nSPS) is 12.1. The molecule has 0 amide bonds. The van der Waals surface area contributed by atoms with Crippen LogP contribution in [0.15, 0.2) is 48.5 Å². The minimum Gasteiger partial charge on any atom is -0.258 e. The van der Waals surface area contributed by atoms with Crippen LogP contribution in [-0.2, 0) is 6.42 Å². The molecule has 0 aliphatic rings. The first-order valence-electron chi connectivity index (χ1n) is 5.69. The molecule has 0 N–H and O–H groups in total. The number of alkyl halides is 1. The first-order valence-corrected chi connectivity index (χ1v) is 7.20. The summed E-state index contributed by atoms with van der Waals surface area (Å²) in [5, 5.41) is 10.4. The van der Waals surface area contributed by atoms with Gasteiger partial charge in [0.25, 0.3) is 5.69 Å². The summed E-state index contributed by atoms with van der Waals surface area (Å²) >= 11 is 8.61. The van der Waals surface area contributed by atoms with Crippen molar-refractivity contribution >= 4 is 39.9 Å². The minimum atomic E-state index is -0.402. The van der Waals surface area contributed by atoms with Gasteiger partial charge in [0.15, 0.2) is 0 Å². The van der Waals surface area contributed by atoms with Crippen molar-refractivity contribution in [2.24, 2.45) is 0 Å². The lowest BCUT2D eigenvalue weighted by molar-refractivity contribution is -0.384. The van der Waals surface area contributed by atoms with Gasteiger partial charge in [-0.3, -0.25) is 10.1 Å². The van der Waals surface area contributed by atoms with Gasteiger partial charge >= 0.3 is 0 Å². The topological polar surface area (TPSA) is 43.1 Å². The van der Waals surface area contributed by atoms with Crippen LogP contribution in [-0.4, -0.2) is 4.92 Å². The van der Waals surface area contributed by atoms with E-state index in [4.69, 9.17) is 11.6 Å². The van der Waals surface area contributed by atoms with Crippen molar-refractivity contribution in [3.05, 3.63) is 73.3 Å². The first-order chi connectivity index (χ1) is 9.06. The van der Waals surface area contributed by atoms with Gasteiger partial charge < -0.3 is 0 Å². The Balaban J connectivity index is 2.08. The van der Waals surface area contributed by atoms with Gasteiger partial charge in [0.05, 0.1) is 10.3 Å². The monoisotopic (exact) mass is 387 g/mol. The molecule has 98 valence electrons. The quantitative estimate of drug-likeness (QED) is 0.330. The fourth-order valence-electron chi connectivity index (χ4n) is 1.75. The van der Waals surface area contributed by atoms with Crippen LogP contribution < -0.4 is 0 Å². The first kappa shape index (κ1) is 14.3. The molecule has 0 aliphatic heterocycles. The second-order valence-corrected chi connectivity index (χ2v) is 5.92. The summed E-state index contributed by atoms with van der Waals surface area (Å²) in [6, 6.07) is 14.6. The van der Waals surface area contributed by atoms with Crippen LogP contribution in [0, 0.1) is 13.7 Å². The average molecular weight is 388 g/mol. The molecule has 2 rings (SSSR count). The van der Waals surface area contributed by atoms with Crippen molar-refractivity contribution in [3.63, 3.8) is 0 Å². The highest BCUT2D eigenvalue weighted by molar-refractivity contribution is 14.1. The molecule has 0 aliphatic carbocycles. The predicted molar refractivity (Wildman–Crippen MR) is 84.6 cm³/mol. The van der Waals surface area contributed by atoms with Crippen molar-refractivity contribution < 1.29 is 4.92 Å². The number of nitrogens with zero attached hydrogens (tertiary/aromatic N) is 1. The molecule has 0 aromatic heterocycles. The average Bonchev–Trinajstić information content (AvgIpc) is 2.40. The van der Waals surface area contributed by atoms with Gasteiger partial charge in [-0.05, 0) is 52.3 Å². The summed E-state index contributed by atoms with van der Waals surface area (Å²) in [5.74, 6) is 0. The number of nitro groups is 1. The number of hydrogen-bond donors (Lipinski definition) is 0. The fraction of sp³-hybridized carbons (Fsp3) is 0.143. The van der Waals surface area contributed by atoms with Crippen molar-refractivity contribution in [1.29, 1.82) is 0 Å². The molecular formula is C14H11ClINO2. The molecule has 1 atom stereocenters. The third kappa shape index (κ3) is 3.91. The summed E-state index contributed by atoms with van der Waals surface area (Å²) < 4.78 is 1.17. The molecule has 19 heavy (non-hydrogen) atoms. The Morgan fingerprint density at radius 3 is 2.21 bits per heavy atom.